The average Bonchev–Trinajstić information content (AvgIpc) is 2.66. The number of aliphatic hydroxyl groups excluding tert-OH is 1. The van der Waals surface area contributed by atoms with Gasteiger partial charge in [0.15, 0.2) is 0 Å². The molecule has 2 aromatic carbocycles. The fraction of sp³-hybridized carbons (Fsp3) is 0.200. The van der Waals surface area contributed by atoms with Gasteiger partial charge in [-0.3, -0.25) is 4.79 Å². The molecule has 1 amide bonds. The molecule has 0 aromatic heterocycles. The number of hydrogen-bond acceptors (Lipinski definition) is 4. The molecule has 2 aromatic rings. The minimum absolute atomic E-state index is 0.0599. The minimum Gasteiger partial charge on any atom is -0.389 e. The van der Waals surface area contributed by atoms with Crippen molar-refractivity contribution in [1.29, 1.82) is 5.41 Å². The maximum atomic E-state index is 11.8. The third-order valence-electron chi connectivity index (χ3n) is 3.52. The predicted molar refractivity (Wildman–Crippen MR) is 103 cm³/mol. The lowest BCUT2D eigenvalue weighted by molar-refractivity contribution is -0.117. The highest BCUT2D eigenvalue weighted by Gasteiger charge is 2.07. The Morgan fingerprint density at radius 1 is 1.15 bits per heavy atom. The molecule has 2 rings (SSSR count). The average molecular weight is 373 g/mol. The number of carbonyl (C=O) groups excluding carboxylic acids is 1. The SMILES string of the molecule is N=C(/C=C\C(=O)NCC(O)COCc1ccccc1Cl)c1ccccc1. The van der Waals surface area contributed by atoms with Crippen molar-refractivity contribution in [2.75, 3.05) is 13.2 Å². The molecule has 0 saturated heterocycles. The van der Waals surface area contributed by atoms with E-state index in [2.05, 4.69) is 5.32 Å². The first-order chi connectivity index (χ1) is 12.6. The van der Waals surface area contributed by atoms with Crippen LogP contribution in [0.25, 0.3) is 0 Å². The zero-order chi connectivity index (χ0) is 18.8. The summed E-state index contributed by atoms with van der Waals surface area (Å²) >= 11 is 6.02. The Morgan fingerprint density at radius 2 is 1.85 bits per heavy atom. The lowest BCUT2D eigenvalue weighted by atomic mass is 10.1. The number of amides is 1. The highest BCUT2D eigenvalue weighted by Crippen LogP contribution is 2.15. The number of ether oxygens (including phenoxy) is 1. The van der Waals surface area contributed by atoms with Gasteiger partial charge in [-0.05, 0) is 23.3 Å². The van der Waals surface area contributed by atoms with E-state index in [-0.39, 0.29) is 24.8 Å². The summed E-state index contributed by atoms with van der Waals surface area (Å²) in [5.74, 6) is -0.379. The highest BCUT2D eigenvalue weighted by molar-refractivity contribution is 6.31. The van der Waals surface area contributed by atoms with Crippen LogP contribution in [-0.2, 0) is 16.1 Å². The highest BCUT2D eigenvalue weighted by atomic mass is 35.5. The predicted octanol–water partition coefficient (Wildman–Crippen LogP) is 2.96. The van der Waals surface area contributed by atoms with Crippen LogP contribution in [0.5, 0.6) is 0 Å². The van der Waals surface area contributed by atoms with Crippen molar-refractivity contribution in [3.63, 3.8) is 0 Å². The molecule has 0 bridgehead atoms. The molecule has 0 aliphatic rings. The molecule has 136 valence electrons. The largest absolute Gasteiger partial charge is 0.389 e. The van der Waals surface area contributed by atoms with Crippen molar-refractivity contribution in [3.05, 3.63) is 82.9 Å². The first-order valence-corrected chi connectivity index (χ1v) is 8.53. The van der Waals surface area contributed by atoms with Gasteiger partial charge in [0.1, 0.15) is 0 Å². The molecule has 3 N–H and O–H groups in total. The van der Waals surface area contributed by atoms with Gasteiger partial charge in [-0.25, -0.2) is 0 Å². The first kappa shape index (κ1) is 19.8. The van der Waals surface area contributed by atoms with Gasteiger partial charge in [-0.1, -0.05) is 60.1 Å². The van der Waals surface area contributed by atoms with E-state index >= 15 is 0 Å². The first-order valence-electron chi connectivity index (χ1n) is 8.15. The van der Waals surface area contributed by atoms with Crippen LogP contribution in [0.15, 0.2) is 66.7 Å². The molecule has 0 fully saturated rings. The van der Waals surface area contributed by atoms with E-state index in [1.165, 1.54) is 12.2 Å². The molecule has 6 heteroatoms. The van der Waals surface area contributed by atoms with Crippen molar-refractivity contribution in [1.82, 2.24) is 5.32 Å². The summed E-state index contributed by atoms with van der Waals surface area (Å²) < 4.78 is 5.41. The zero-order valence-electron chi connectivity index (χ0n) is 14.2. The van der Waals surface area contributed by atoms with Crippen molar-refractivity contribution in [2.24, 2.45) is 0 Å². The number of allylic oxidation sites excluding steroid dienone is 1. The molecule has 0 saturated carbocycles. The Morgan fingerprint density at radius 3 is 2.58 bits per heavy atom. The van der Waals surface area contributed by atoms with Gasteiger partial charge in [0.2, 0.25) is 5.91 Å². The van der Waals surface area contributed by atoms with E-state index < -0.39 is 6.10 Å². The summed E-state index contributed by atoms with van der Waals surface area (Å²) in [4.78, 5) is 11.8. The number of hydrogen-bond donors (Lipinski definition) is 3. The zero-order valence-corrected chi connectivity index (χ0v) is 14.9. The molecule has 1 unspecified atom stereocenters. The van der Waals surface area contributed by atoms with Gasteiger partial charge in [0.05, 0.1) is 25.0 Å². The molecule has 0 spiro atoms. The molecule has 0 radical (unpaired) electrons. The number of rotatable bonds is 9. The van der Waals surface area contributed by atoms with Crippen LogP contribution in [0.3, 0.4) is 0 Å². The van der Waals surface area contributed by atoms with E-state index in [4.69, 9.17) is 21.7 Å². The van der Waals surface area contributed by atoms with Crippen LogP contribution in [0, 0.1) is 5.41 Å². The molecular weight excluding hydrogens is 352 g/mol. The maximum Gasteiger partial charge on any atom is 0.244 e. The van der Waals surface area contributed by atoms with Crippen molar-refractivity contribution >= 4 is 23.2 Å². The Balaban J connectivity index is 1.67. The van der Waals surface area contributed by atoms with Gasteiger partial charge in [-0.2, -0.15) is 0 Å². The van der Waals surface area contributed by atoms with Gasteiger partial charge in [-0.15, -0.1) is 0 Å². The van der Waals surface area contributed by atoms with Gasteiger partial charge in [0.25, 0.3) is 0 Å². The summed E-state index contributed by atoms with van der Waals surface area (Å²) in [5.41, 5.74) is 1.81. The van der Waals surface area contributed by atoms with Crippen molar-refractivity contribution < 1.29 is 14.6 Å². The van der Waals surface area contributed by atoms with Crippen LogP contribution >= 0.6 is 11.6 Å². The number of aliphatic hydroxyl groups is 1. The topological polar surface area (TPSA) is 82.4 Å². The fourth-order valence-corrected chi connectivity index (χ4v) is 2.32. The molecule has 1 atom stereocenters. The van der Waals surface area contributed by atoms with Crippen LogP contribution < -0.4 is 5.32 Å². The van der Waals surface area contributed by atoms with E-state index in [0.29, 0.717) is 11.6 Å². The number of halogens is 1. The summed E-state index contributed by atoms with van der Waals surface area (Å²) in [6.45, 7) is 0.429. The van der Waals surface area contributed by atoms with Crippen LogP contribution in [0.4, 0.5) is 0 Å². The molecule has 0 heterocycles. The molecule has 5 nitrogen and oxygen atoms in total. The molecule has 0 aliphatic heterocycles. The van der Waals surface area contributed by atoms with Crippen molar-refractivity contribution in [3.8, 4) is 0 Å². The molecule has 0 aliphatic carbocycles. The number of carbonyl (C=O) groups is 1. The van der Waals surface area contributed by atoms with Crippen LogP contribution in [0.1, 0.15) is 11.1 Å². The van der Waals surface area contributed by atoms with Gasteiger partial charge in [0, 0.05) is 17.6 Å². The van der Waals surface area contributed by atoms with Crippen molar-refractivity contribution in [2.45, 2.75) is 12.7 Å². The van der Waals surface area contributed by atoms with E-state index in [1.807, 2.05) is 36.4 Å². The van der Waals surface area contributed by atoms with E-state index in [1.54, 1.807) is 18.2 Å². The Kier molecular flexibility index (Phi) is 8.02. The standard InChI is InChI=1S/C20H21ClN2O3/c21-18-9-5-4-8-16(18)13-26-14-17(24)12-23-20(25)11-10-19(22)15-6-2-1-3-7-15/h1-11,17,22,24H,12-14H2,(H,23,25)/b11-10-,22-19?. The monoisotopic (exact) mass is 372 g/mol. The van der Waals surface area contributed by atoms with E-state index in [9.17, 15) is 9.90 Å². The minimum atomic E-state index is -0.830. The third-order valence-corrected chi connectivity index (χ3v) is 3.89. The van der Waals surface area contributed by atoms with Gasteiger partial charge >= 0.3 is 0 Å². The summed E-state index contributed by atoms with van der Waals surface area (Å²) in [7, 11) is 0. The summed E-state index contributed by atoms with van der Waals surface area (Å²) in [6.07, 6.45) is 1.86. The summed E-state index contributed by atoms with van der Waals surface area (Å²) in [5, 5.41) is 20.9. The second-order valence-electron chi connectivity index (χ2n) is 5.62. The lowest BCUT2D eigenvalue weighted by Crippen LogP contribution is -2.33. The molecular formula is C20H21ClN2O3. The normalized spacial score (nSPS) is 12.1. The Hall–Kier alpha value is -2.47. The lowest BCUT2D eigenvalue weighted by Gasteiger charge is -2.12. The number of benzene rings is 2. The Labute approximate surface area is 157 Å². The third kappa shape index (κ3) is 6.80. The van der Waals surface area contributed by atoms with Crippen LogP contribution in [-0.4, -0.2) is 36.0 Å². The second-order valence-corrected chi connectivity index (χ2v) is 6.03. The fourth-order valence-electron chi connectivity index (χ4n) is 2.13. The van der Waals surface area contributed by atoms with Gasteiger partial charge < -0.3 is 20.6 Å². The molecule has 26 heavy (non-hydrogen) atoms. The maximum absolute atomic E-state index is 11.8. The van der Waals surface area contributed by atoms with E-state index in [0.717, 1.165) is 11.1 Å². The quantitative estimate of drug-likeness (QED) is 0.467. The second kappa shape index (κ2) is 10.5. The Bertz CT molecular complexity index is 763. The number of nitrogens with one attached hydrogen (secondary N) is 2. The van der Waals surface area contributed by atoms with Crippen LogP contribution in [0.2, 0.25) is 5.02 Å². The summed E-state index contributed by atoms with van der Waals surface area (Å²) in [6, 6.07) is 16.4. The smallest absolute Gasteiger partial charge is 0.244 e.